The summed E-state index contributed by atoms with van der Waals surface area (Å²) in [6.07, 6.45) is 6.33. The van der Waals surface area contributed by atoms with Gasteiger partial charge in [0.25, 0.3) is 0 Å². The molecule has 5 nitrogen and oxygen atoms in total. The first-order valence-corrected chi connectivity index (χ1v) is 13.0. The lowest BCUT2D eigenvalue weighted by molar-refractivity contribution is 0.106. The summed E-state index contributed by atoms with van der Waals surface area (Å²) in [5, 5.41) is 20.6. The number of nitrogens with zero attached hydrogens (tertiary/aromatic N) is 1. The zero-order valence-electron chi connectivity index (χ0n) is 21.1. The highest BCUT2D eigenvalue weighted by atomic mass is 16.5. The maximum absolute atomic E-state index is 11.2. The van der Waals surface area contributed by atoms with Crippen molar-refractivity contribution in [1.82, 2.24) is 4.90 Å². The van der Waals surface area contributed by atoms with Crippen LogP contribution >= 0.6 is 0 Å². The van der Waals surface area contributed by atoms with Gasteiger partial charge in [0.2, 0.25) is 0 Å². The molecule has 0 bridgehead atoms. The van der Waals surface area contributed by atoms with E-state index in [9.17, 15) is 15.0 Å². The molecule has 3 aromatic carbocycles. The van der Waals surface area contributed by atoms with Crippen LogP contribution in [0, 0.1) is 0 Å². The van der Waals surface area contributed by atoms with E-state index in [2.05, 4.69) is 41.3 Å². The molecule has 0 aromatic heterocycles. The zero-order chi connectivity index (χ0) is 25.4. The van der Waals surface area contributed by atoms with Gasteiger partial charge in [-0.25, -0.2) is 0 Å². The third-order valence-corrected chi connectivity index (χ3v) is 6.35. The van der Waals surface area contributed by atoms with E-state index in [0.29, 0.717) is 18.4 Å². The molecule has 0 saturated carbocycles. The standard InChI is InChI=1S/C31H39NO4/c33-25-29-22-28(17-18-30(29)34)31(35)24-32(23-27-14-7-4-8-15-27)19-9-1-2-10-20-36-21-11-16-26-12-5-3-6-13-26/h3-8,12-15,17-18,22,25,31,34-35H,1-2,9-11,16,19-21,23-24H2. The predicted molar refractivity (Wildman–Crippen MR) is 144 cm³/mol. The lowest BCUT2D eigenvalue weighted by atomic mass is 10.0. The Morgan fingerprint density at radius 3 is 2.19 bits per heavy atom. The molecule has 0 fully saturated rings. The van der Waals surface area contributed by atoms with Crippen LogP contribution in [0.4, 0.5) is 0 Å². The maximum Gasteiger partial charge on any atom is 0.153 e. The Hall–Kier alpha value is -2.99. The Kier molecular flexibility index (Phi) is 12.2. The molecule has 0 amide bonds. The van der Waals surface area contributed by atoms with E-state index < -0.39 is 6.10 Å². The summed E-state index contributed by atoms with van der Waals surface area (Å²) in [4.78, 5) is 13.4. The summed E-state index contributed by atoms with van der Waals surface area (Å²) in [7, 11) is 0. The molecule has 0 saturated heterocycles. The molecule has 0 aliphatic rings. The number of carbonyl (C=O) groups is 1. The highest BCUT2D eigenvalue weighted by Crippen LogP contribution is 2.22. The highest BCUT2D eigenvalue weighted by molar-refractivity contribution is 5.79. The quantitative estimate of drug-likeness (QED) is 0.181. The average molecular weight is 490 g/mol. The van der Waals surface area contributed by atoms with Gasteiger partial charge >= 0.3 is 0 Å². The van der Waals surface area contributed by atoms with Crippen LogP contribution in [0.3, 0.4) is 0 Å². The topological polar surface area (TPSA) is 70.0 Å². The van der Waals surface area contributed by atoms with Gasteiger partial charge < -0.3 is 14.9 Å². The smallest absolute Gasteiger partial charge is 0.153 e. The number of aliphatic hydroxyl groups is 1. The number of phenols is 1. The Labute approximate surface area is 215 Å². The van der Waals surface area contributed by atoms with Crippen LogP contribution in [-0.4, -0.2) is 47.7 Å². The molecule has 5 heteroatoms. The van der Waals surface area contributed by atoms with E-state index in [1.807, 2.05) is 24.3 Å². The number of aliphatic hydroxyl groups excluding tert-OH is 1. The maximum atomic E-state index is 11.2. The summed E-state index contributed by atoms with van der Waals surface area (Å²) in [5.41, 5.74) is 3.40. The second-order valence-corrected chi connectivity index (χ2v) is 9.29. The molecule has 0 spiro atoms. The number of carbonyl (C=O) groups excluding carboxylic acids is 1. The first kappa shape index (κ1) is 27.6. The fourth-order valence-corrected chi connectivity index (χ4v) is 4.32. The van der Waals surface area contributed by atoms with Crippen LogP contribution < -0.4 is 0 Å². The monoisotopic (exact) mass is 489 g/mol. The molecule has 36 heavy (non-hydrogen) atoms. The molecule has 1 unspecified atom stereocenters. The van der Waals surface area contributed by atoms with Crippen LogP contribution in [-0.2, 0) is 17.7 Å². The summed E-state index contributed by atoms with van der Waals surface area (Å²) in [5.74, 6) is -0.0673. The Morgan fingerprint density at radius 2 is 1.47 bits per heavy atom. The van der Waals surface area contributed by atoms with Gasteiger partial charge in [0.05, 0.1) is 11.7 Å². The van der Waals surface area contributed by atoms with Crippen molar-refractivity contribution in [2.45, 2.75) is 51.2 Å². The summed E-state index contributed by atoms with van der Waals surface area (Å²) < 4.78 is 5.80. The third kappa shape index (κ3) is 9.94. The normalized spacial score (nSPS) is 12.1. The van der Waals surface area contributed by atoms with Crippen LogP contribution in [0.15, 0.2) is 78.9 Å². The number of benzene rings is 3. The minimum Gasteiger partial charge on any atom is -0.507 e. The number of hydrogen-bond donors (Lipinski definition) is 2. The Bertz CT molecular complexity index is 1010. The molecule has 1 atom stereocenters. The molecule has 0 heterocycles. The van der Waals surface area contributed by atoms with Gasteiger partial charge in [-0.05, 0) is 61.1 Å². The molecule has 3 aromatic rings. The van der Waals surface area contributed by atoms with Crippen molar-refractivity contribution >= 4 is 6.29 Å². The number of hydrogen-bond acceptors (Lipinski definition) is 5. The highest BCUT2D eigenvalue weighted by Gasteiger charge is 2.15. The van der Waals surface area contributed by atoms with Crippen LogP contribution in [0.25, 0.3) is 0 Å². The van der Waals surface area contributed by atoms with E-state index in [4.69, 9.17) is 4.74 Å². The van der Waals surface area contributed by atoms with Gasteiger partial charge in [0, 0.05) is 26.3 Å². The van der Waals surface area contributed by atoms with Crippen molar-refractivity contribution in [3.8, 4) is 5.75 Å². The number of ether oxygens (including phenoxy) is 1. The molecule has 3 rings (SSSR count). The van der Waals surface area contributed by atoms with Gasteiger partial charge in [0.1, 0.15) is 5.75 Å². The summed E-state index contributed by atoms with van der Waals surface area (Å²) in [6, 6.07) is 25.5. The number of phenolic OH excluding ortho intramolecular Hbond substituents is 1. The van der Waals surface area contributed by atoms with Crippen molar-refractivity contribution in [1.29, 1.82) is 0 Å². The van der Waals surface area contributed by atoms with Crippen molar-refractivity contribution in [3.63, 3.8) is 0 Å². The Morgan fingerprint density at radius 1 is 0.806 bits per heavy atom. The molecule has 192 valence electrons. The van der Waals surface area contributed by atoms with Gasteiger partial charge in [-0.1, -0.05) is 79.6 Å². The number of rotatable bonds is 17. The molecule has 2 N–H and O–H groups in total. The largest absolute Gasteiger partial charge is 0.507 e. The fraction of sp³-hybridized carbons (Fsp3) is 0.387. The Balaban J connectivity index is 1.37. The minimum atomic E-state index is -0.739. The van der Waals surface area contributed by atoms with Crippen molar-refractivity contribution in [2.24, 2.45) is 0 Å². The van der Waals surface area contributed by atoms with Crippen LogP contribution in [0.1, 0.15) is 65.3 Å². The molecular formula is C31H39NO4. The van der Waals surface area contributed by atoms with Crippen molar-refractivity contribution < 1.29 is 19.7 Å². The average Bonchev–Trinajstić information content (AvgIpc) is 2.91. The number of unbranched alkanes of at least 4 members (excludes halogenated alkanes) is 3. The zero-order valence-corrected chi connectivity index (χ0v) is 21.1. The third-order valence-electron chi connectivity index (χ3n) is 6.35. The van der Waals surface area contributed by atoms with Crippen LogP contribution in [0.5, 0.6) is 5.75 Å². The SMILES string of the molecule is O=Cc1cc(C(O)CN(CCCCCCOCCCc2ccccc2)Cc2ccccc2)ccc1O. The fourth-order valence-electron chi connectivity index (χ4n) is 4.32. The van der Waals surface area contributed by atoms with Gasteiger partial charge in [-0.3, -0.25) is 9.69 Å². The first-order valence-electron chi connectivity index (χ1n) is 13.0. The van der Waals surface area contributed by atoms with E-state index in [1.54, 1.807) is 12.1 Å². The second-order valence-electron chi connectivity index (χ2n) is 9.29. The van der Waals surface area contributed by atoms with Gasteiger partial charge in [-0.2, -0.15) is 0 Å². The summed E-state index contributed by atoms with van der Waals surface area (Å²) in [6.45, 7) is 3.70. The second kappa shape index (κ2) is 15.9. The van der Waals surface area contributed by atoms with E-state index in [-0.39, 0.29) is 11.3 Å². The molecule has 0 aliphatic carbocycles. The van der Waals surface area contributed by atoms with Gasteiger partial charge in [0.15, 0.2) is 6.29 Å². The minimum absolute atomic E-state index is 0.0673. The molecule has 0 radical (unpaired) electrons. The molecular weight excluding hydrogens is 450 g/mol. The van der Waals surface area contributed by atoms with Gasteiger partial charge in [-0.15, -0.1) is 0 Å². The van der Waals surface area contributed by atoms with Crippen LogP contribution in [0.2, 0.25) is 0 Å². The number of aryl methyl sites for hydroxylation is 1. The predicted octanol–water partition coefficient (Wildman–Crippen LogP) is 5.95. The number of aromatic hydroxyl groups is 1. The first-order chi connectivity index (χ1) is 17.7. The van der Waals surface area contributed by atoms with Crippen molar-refractivity contribution in [2.75, 3.05) is 26.3 Å². The van der Waals surface area contributed by atoms with E-state index in [1.165, 1.54) is 17.2 Å². The van der Waals surface area contributed by atoms with E-state index >= 15 is 0 Å². The summed E-state index contributed by atoms with van der Waals surface area (Å²) >= 11 is 0. The van der Waals surface area contributed by atoms with E-state index in [0.717, 1.165) is 64.8 Å². The molecule has 0 aliphatic heterocycles. The van der Waals surface area contributed by atoms with Crippen molar-refractivity contribution in [3.05, 3.63) is 101 Å². The lowest BCUT2D eigenvalue weighted by Gasteiger charge is -2.25. The number of aldehydes is 1. The lowest BCUT2D eigenvalue weighted by Crippen LogP contribution is -2.29.